The van der Waals surface area contributed by atoms with Crippen molar-refractivity contribution in [2.75, 3.05) is 19.6 Å². The van der Waals surface area contributed by atoms with Crippen LogP contribution in [0.5, 0.6) is 0 Å². The average Bonchev–Trinajstić information content (AvgIpc) is 2.62. The highest BCUT2D eigenvalue weighted by molar-refractivity contribution is 7.89. The summed E-state index contributed by atoms with van der Waals surface area (Å²) in [5.74, 6) is -0.856. The van der Waals surface area contributed by atoms with E-state index in [1.54, 1.807) is 4.90 Å². The number of ether oxygens (including phenoxy) is 1. The summed E-state index contributed by atoms with van der Waals surface area (Å²) >= 11 is 0. The van der Waals surface area contributed by atoms with Gasteiger partial charge in [0, 0.05) is 19.6 Å². The van der Waals surface area contributed by atoms with Gasteiger partial charge in [-0.25, -0.2) is 17.5 Å². The zero-order valence-electron chi connectivity index (χ0n) is 15.5. The number of benzene rings is 1. The molecular weight excluding hydrogens is 375 g/mol. The van der Waals surface area contributed by atoms with Crippen molar-refractivity contribution in [2.24, 2.45) is 5.92 Å². The highest BCUT2D eigenvalue weighted by Gasteiger charge is 2.26. The van der Waals surface area contributed by atoms with E-state index in [1.165, 1.54) is 6.92 Å². The fourth-order valence-electron chi connectivity index (χ4n) is 2.78. The predicted octanol–water partition coefficient (Wildman–Crippen LogP) is 1.68. The summed E-state index contributed by atoms with van der Waals surface area (Å²) in [4.78, 5) is 25.8. The zero-order valence-corrected chi connectivity index (χ0v) is 16.3. The lowest BCUT2D eigenvalue weighted by Gasteiger charge is -2.31. The molecule has 0 unspecified atom stereocenters. The lowest BCUT2D eigenvalue weighted by molar-refractivity contribution is -0.159. The molecule has 1 aliphatic heterocycles. The topological polar surface area (TPSA) is 92.8 Å². The van der Waals surface area contributed by atoms with Crippen molar-refractivity contribution in [3.8, 4) is 0 Å². The maximum absolute atomic E-state index is 12.9. The molecule has 150 valence electrons. The number of amides is 1. The smallest absolute Gasteiger partial charge is 0.307 e. The van der Waals surface area contributed by atoms with Crippen molar-refractivity contribution in [3.05, 3.63) is 30.1 Å². The number of nitrogens with zero attached hydrogens (tertiary/aromatic N) is 1. The molecule has 0 radical (unpaired) electrons. The van der Waals surface area contributed by atoms with Crippen LogP contribution in [-0.2, 0) is 24.3 Å². The largest absolute Gasteiger partial charge is 0.452 e. The molecule has 1 saturated heterocycles. The number of hydrogen-bond acceptors (Lipinski definition) is 5. The summed E-state index contributed by atoms with van der Waals surface area (Å²) in [7, 11) is -3.84. The van der Waals surface area contributed by atoms with Gasteiger partial charge in [0.15, 0.2) is 6.10 Å². The summed E-state index contributed by atoms with van der Waals surface area (Å²) in [6, 6.07) is 4.35. The molecule has 1 aromatic rings. The fraction of sp³-hybridized carbons (Fsp3) is 0.556. The van der Waals surface area contributed by atoms with Crippen LogP contribution in [0.4, 0.5) is 4.39 Å². The molecule has 9 heteroatoms. The van der Waals surface area contributed by atoms with Gasteiger partial charge in [-0.3, -0.25) is 9.59 Å². The second-order valence-electron chi connectivity index (χ2n) is 6.74. The number of carbonyl (C=O) groups excluding carboxylic acids is 2. The Balaban J connectivity index is 1.76. The van der Waals surface area contributed by atoms with Gasteiger partial charge in [-0.2, -0.15) is 0 Å². The van der Waals surface area contributed by atoms with Gasteiger partial charge in [0.05, 0.1) is 11.3 Å². The Hall–Kier alpha value is -2.00. The molecule has 1 heterocycles. The molecule has 0 aromatic heterocycles. The number of sulfonamides is 1. The molecule has 1 aliphatic rings. The van der Waals surface area contributed by atoms with Crippen LogP contribution in [0.2, 0.25) is 0 Å². The molecule has 0 spiro atoms. The monoisotopic (exact) mass is 400 g/mol. The fourth-order valence-corrected chi connectivity index (χ4v) is 3.81. The zero-order chi connectivity index (χ0) is 20.0. The van der Waals surface area contributed by atoms with Gasteiger partial charge in [0.1, 0.15) is 5.82 Å². The van der Waals surface area contributed by atoms with E-state index in [2.05, 4.69) is 11.6 Å². The molecule has 1 atom stereocenters. The highest BCUT2D eigenvalue weighted by atomic mass is 32.2. The van der Waals surface area contributed by atoms with E-state index in [0.717, 1.165) is 37.1 Å². The van der Waals surface area contributed by atoms with Crippen molar-refractivity contribution in [3.63, 3.8) is 0 Å². The number of carbonyl (C=O) groups is 2. The van der Waals surface area contributed by atoms with Crippen molar-refractivity contribution >= 4 is 21.9 Å². The maximum atomic E-state index is 12.9. The Labute approximate surface area is 158 Å². The second-order valence-corrected chi connectivity index (χ2v) is 8.51. The molecule has 1 fully saturated rings. The van der Waals surface area contributed by atoms with Crippen molar-refractivity contribution < 1.29 is 27.1 Å². The molecular formula is C18H25FN2O5S. The summed E-state index contributed by atoms with van der Waals surface area (Å²) in [5.41, 5.74) is 0. The van der Waals surface area contributed by atoms with Crippen LogP contribution < -0.4 is 4.72 Å². The van der Waals surface area contributed by atoms with E-state index in [4.69, 9.17) is 4.74 Å². The van der Waals surface area contributed by atoms with Crippen molar-refractivity contribution in [2.45, 2.75) is 44.1 Å². The molecule has 1 amide bonds. The quantitative estimate of drug-likeness (QED) is 0.703. The molecule has 0 aliphatic carbocycles. The van der Waals surface area contributed by atoms with Crippen LogP contribution >= 0.6 is 0 Å². The Morgan fingerprint density at radius 3 is 2.44 bits per heavy atom. The van der Waals surface area contributed by atoms with Crippen LogP contribution in [0, 0.1) is 11.7 Å². The number of likely N-dealkylation sites (tertiary alicyclic amines) is 1. The van der Waals surface area contributed by atoms with Gasteiger partial charge in [-0.1, -0.05) is 6.92 Å². The Bertz CT molecular complexity index is 758. The standard InChI is InChI=1S/C18H25FN2O5S/c1-13-8-11-21(12-9-13)18(23)14(2)26-17(22)7-10-20-27(24,25)16-5-3-15(19)4-6-16/h3-6,13-14,20H,7-12H2,1-2H3/t14-/m1/s1. The van der Waals surface area contributed by atoms with Gasteiger partial charge in [-0.15, -0.1) is 0 Å². The van der Waals surface area contributed by atoms with Gasteiger partial charge in [0.2, 0.25) is 10.0 Å². The summed E-state index contributed by atoms with van der Waals surface area (Å²) in [6.45, 7) is 4.78. The molecule has 1 aromatic carbocycles. The lowest BCUT2D eigenvalue weighted by Crippen LogP contribution is -2.44. The Kier molecular flexibility index (Phi) is 7.32. The van der Waals surface area contributed by atoms with Gasteiger partial charge >= 0.3 is 5.97 Å². The first-order chi connectivity index (χ1) is 12.7. The predicted molar refractivity (Wildman–Crippen MR) is 96.7 cm³/mol. The average molecular weight is 400 g/mol. The van der Waals surface area contributed by atoms with E-state index >= 15 is 0 Å². The SMILES string of the molecule is CC1CCN(C(=O)[C@@H](C)OC(=O)CCNS(=O)(=O)c2ccc(F)cc2)CC1. The van der Waals surface area contributed by atoms with Gasteiger partial charge < -0.3 is 9.64 Å². The highest BCUT2D eigenvalue weighted by Crippen LogP contribution is 2.17. The van der Waals surface area contributed by atoms with E-state index < -0.39 is 27.9 Å². The normalized spacial score (nSPS) is 16.8. The minimum Gasteiger partial charge on any atom is -0.452 e. The van der Waals surface area contributed by atoms with Crippen molar-refractivity contribution in [1.82, 2.24) is 9.62 Å². The van der Waals surface area contributed by atoms with E-state index in [9.17, 15) is 22.4 Å². The van der Waals surface area contributed by atoms with E-state index in [1.807, 2.05) is 0 Å². The number of nitrogens with one attached hydrogen (secondary N) is 1. The first-order valence-corrected chi connectivity index (χ1v) is 10.4. The minimum atomic E-state index is -3.84. The molecule has 27 heavy (non-hydrogen) atoms. The number of esters is 1. The Morgan fingerprint density at radius 1 is 1.26 bits per heavy atom. The first-order valence-electron chi connectivity index (χ1n) is 8.92. The molecule has 0 saturated carbocycles. The van der Waals surface area contributed by atoms with E-state index in [-0.39, 0.29) is 23.8 Å². The number of piperidine rings is 1. The van der Waals surface area contributed by atoms with Gasteiger partial charge in [-0.05, 0) is 49.9 Å². The maximum Gasteiger partial charge on any atom is 0.307 e. The van der Waals surface area contributed by atoms with Crippen molar-refractivity contribution in [1.29, 1.82) is 0 Å². The molecule has 0 bridgehead atoms. The lowest BCUT2D eigenvalue weighted by atomic mass is 9.99. The number of hydrogen-bond donors (Lipinski definition) is 1. The summed E-state index contributed by atoms with van der Waals surface area (Å²) in [6.07, 6.45) is 0.740. The van der Waals surface area contributed by atoms with E-state index in [0.29, 0.717) is 19.0 Å². The first kappa shape index (κ1) is 21.3. The van der Waals surface area contributed by atoms with Crippen LogP contribution in [0.15, 0.2) is 29.2 Å². The van der Waals surface area contributed by atoms with Crippen LogP contribution in [-0.4, -0.2) is 50.9 Å². The number of halogens is 1. The van der Waals surface area contributed by atoms with Crippen LogP contribution in [0.3, 0.4) is 0 Å². The number of rotatable bonds is 7. The second kappa shape index (κ2) is 9.27. The molecule has 7 nitrogen and oxygen atoms in total. The molecule has 1 N–H and O–H groups in total. The third kappa shape index (κ3) is 6.28. The van der Waals surface area contributed by atoms with Crippen LogP contribution in [0.25, 0.3) is 0 Å². The third-order valence-corrected chi connectivity index (χ3v) is 5.97. The summed E-state index contributed by atoms with van der Waals surface area (Å²) < 4.78 is 44.3. The Morgan fingerprint density at radius 2 is 1.85 bits per heavy atom. The van der Waals surface area contributed by atoms with Gasteiger partial charge in [0.25, 0.3) is 5.91 Å². The minimum absolute atomic E-state index is 0.0971. The molecule has 2 rings (SSSR count). The summed E-state index contributed by atoms with van der Waals surface area (Å²) in [5, 5.41) is 0. The third-order valence-electron chi connectivity index (χ3n) is 4.50. The van der Waals surface area contributed by atoms with Crippen LogP contribution in [0.1, 0.15) is 33.1 Å².